The molecule has 2 unspecified atom stereocenters. The molecule has 0 aromatic rings. The highest BCUT2D eigenvalue weighted by molar-refractivity contribution is 7.84. The van der Waals surface area contributed by atoms with Crippen LogP contribution in [0.4, 0.5) is 0 Å². The van der Waals surface area contributed by atoms with Crippen LogP contribution < -0.4 is 4.72 Å². The molecular weight excluding hydrogens is 238 g/mol. The van der Waals surface area contributed by atoms with E-state index in [0.717, 1.165) is 12.8 Å². The quantitative estimate of drug-likeness (QED) is 0.788. The molecule has 17 heavy (non-hydrogen) atoms. The molecule has 0 bridgehead atoms. The zero-order valence-corrected chi connectivity index (χ0v) is 12.1. The number of carbonyl (C=O) groups excluding carboxylic acids is 1. The van der Waals surface area contributed by atoms with E-state index in [1.807, 2.05) is 34.6 Å². The third-order valence-electron chi connectivity index (χ3n) is 2.96. The first-order valence-corrected chi connectivity index (χ1v) is 7.25. The van der Waals surface area contributed by atoms with Crippen LogP contribution in [0.15, 0.2) is 0 Å². The van der Waals surface area contributed by atoms with Crippen LogP contribution in [0, 0.1) is 5.92 Å². The van der Waals surface area contributed by atoms with Crippen molar-refractivity contribution in [2.75, 3.05) is 0 Å². The van der Waals surface area contributed by atoms with Gasteiger partial charge in [-0.1, -0.05) is 6.92 Å². The fourth-order valence-electron chi connectivity index (χ4n) is 1.63. The summed E-state index contributed by atoms with van der Waals surface area (Å²) in [5, 5.41) is 0. The number of cyclic esters (lactones) is 1. The fraction of sp³-hybridized carbons (Fsp3) is 0.917. The van der Waals surface area contributed by atoms with E-state index < -0.39 is 11.0 Å². The lowest BCUT2D eigenvalue weighted by Crippen LogP contribution is -2.47. The molecule has 0 aromatic heterocycles. The Morgan fingerprint density at radius 2 is 2.00 bits per heavy atom. The van der Waals surface area contributed by atoms with Gasteiger partial charge in [-0.3, -0.25) is 4.79 Å². The first-order valence-electron chi connectivity index (χ1n) is 6.10. The van der Waals surface area contributed by atoms with Crippen LogP contribution in [0.25, 0.3) is 0 Å². The summed E-state index contributed by atoms with van der Waals surface area (Å²) in [6.07, 6.45) is 1.52. The van der Waals surface area contributed by atoms with Crippen molar-refractivity contribution in [3.63, 3.8) is 0 Å². The van der Waals surface area contributed by atoms with Crippen LogP contribution in [-0.4, -0.2) is 27.1 Å². The number of ether oxygens (including phenoxy) is 1. The molecule has 1 fully saturated rings. The molecule has 0 aliphatic carbocycles. The predicted octanol–water partition coefficient (Wildman–Crippen LogP) is 1.77. The van der Waals surface area contributed by atoms with E-state index in [2.05, 4.69) is 4.72 Å². The second kappa shape index (κ2) is 5.48. The first kappa shape index (κ1) is 14.6. The van der Waals surface area contributed by atoms with E-state index in [9.17, 15) is 9.00 Å². The number of hydrogen-bond donors (Lipinski definition) is 1. The average molecular weight is 261 g/mol. The normalized spacial score (nSPS) is 29.6. The molecule has 1 aliphatic heterocycles. The van der Waals surface area contributed by atoms with E-state index in [0.29, 0.717) is 0 Å². The smallest absolute Gasteiger partial charge is 0.308 e. The lowest BCUT2D eigenvalue weighted by molar-refractivity contribution is -0.160. The maximum Gasteiger partial charge on any atom is 0.308 e. The molecule has 1 N–H and O–H groups in total. The van der Waals surface area contributed by atoms with Crippen molar-refractivity contribution in [1.82, 2.24) is 4.72 Å². The molecule has 4 nitrogen and oxygen atoms in total. The van der Waals surface area contributed by atoms with Crippen molar-refractivity contribution in [3.8, 4) is 0 Å². The summed E-state index contributed by atoms with van der Waals surface area (Å²) in [4.78, 5) is 11.5. The molecule has 0 spiro atoms. The first-order chi connectivity index (χ1) is 7.71. The molecule has 0 radical (unpaired) electrons. The average Bonchev–Trinajstić information content (AvgIpc) is 2.20. The molecule has 0 saturated carbocycles. The summed E-state index contributed by atoms with van der Waals surface area (Å²) in [5.74, 6) is -0.150. The van der Waals surface area contributed by atoms with Gasteiger partial charge in [-0.2, -0.15) is 0 Å². The van der Waals surface area contributed by atoms with Gasteiger partial charge in [0.15, 0.2) is 0 Å². The monoisotopic (exact) mass is 261 g/mol. The molecule has 1 aliphatic rings. The maximum absolute atomic E-state index is 11.9. The van der Waals surface area contributed by atoms with Gasteiger partial charge in [0.1, 0.15) is 6.10 Å². The Bertz CT molecular complexity index is 311. The van der Waals surface area contributed by atoms with Gasteiger partial charge in [0.25, 0.3) is 0 Å². The summed E-state index contributed by atoms with van der Waals surface area (Å²) in [7, 11) is -1.13. The lowest BCUT2D eigenvalue weighted by Gasteiger charge is -2.32. The molecule has 1 rings (SSSR count). The molecule has 100 valence electrons. The van der Waals surface area contributed by atoms with Crippen molar-refractivity contribution in [2.24, 2.45) is 5.92 Å². The van der Waals surface area contributed by atoms with Crippen LogP contribution >= 0.6 is 0 Å². The van der Waals surface area contributed by atoms with Crippen molar-refractivity contribution < 1.29 is 13.7 Å². The summed E-state index contributed by atoms with van der Waals surface area (Å²) in [5.41, 5.74) is 0. The highest BCUT2D eigenvalue weighted by Gasteiger charge is 2.32. The minimum absolute atomic E-state index is 0.00781. The zero-order chi connectivity index (χ0) is 13.2. The number of rotatable bonds is 3. The van der Waals surface area contributed by atoms with Gasteiger partial charge >= 0.3 is 5.97 Å². The van der Waals surface area contributed by atoms with Crippen molar-refractivity contribution in [2.45, 2.75) is 64.4 Å². The van der Waals surface area contributed by atoms with E-state index in [4.69, 9.17) is 4.74 Å². The Labute approximate surface area is 106 Å². The van der Waals surface area contributed by atoms with E-state index >= 15 is 0 Å². The summed E-state index contributed by atoms with van der Waals surface area (Å²) >= 11 is 0. The molecule has 1 heterocycles. The van der Waals surface area contributed by atoms with Crippen molar-refractivity contribution in [3.05, 3.63) is 0 Å². The number of nitrogens with one attached hydrogen (secondary N) is 1. The van der Waals surface area contributed by atoms with Gasteiger partial charge in [-0.25, -0.2) is 8.93 Å². The van der Waals surface area contributed by atoms with E-state index in [-0.39, 0.29) is 28.8 Å². The molecule has 5 heteroatoms. The van der Waals surface area contributed by atoms with Crippen molar-refractivity contribution in [1.29, 1.82) is 0 Å². The lowest BCUT2D eigenvalue weighted by atomic mass is 9.97. The molecule has 0 amide bonds. The highest BCUT2D eigenvalue weighted by atomic mass is 32.2. The van der Waals surface area contributed by atoms with Crippen LogP contribution in [0.3, 0.4) is 0 Å². The minimum atomic E-state index is -1.13. The topological polar surface area (TPSA) is 55.4 Å². The van der Waals surface area contributed by atoms with Gasteiger partial charge in [0, 0.05) is 0 Å². The number of esters is 1. The highest BCUT2D eigenvalue weighted by Crippen LogP contribution is 2.22. The van der Waals surface area contributed by atoms with Gasteiger partial charge in [0.2, 0.25) is 0 Å². The van der Waals surface area contributed by atoms with Gasteiger partial charge in [-0.15, -0.1) is 0 Å². The second-order valence-corrected chi connectivity index (χ2v) is 7.74. The Morgan fingerprint density at radius 3 is 2.47 bits per heavy atom. The molecular formula is C12H23NO3S. The van der Waals surface area contributed by atoms with Crippen molar-refractivity contribution >= 4 is 17.0 Å². The Balaban J connectivity index is 2.51. The number of hydrogen-bond acceptors (Lipinski definition) is 3. The Hall–Kier alpha value is -0.420. The minimum Gasteiger partial charge on any atom is -0.460 e. The van der Waals surface area contributed by atoms with Crippen LogP contribution in [-0.2, 0) is 20.5 Å². The third kappa shape index (κ3) is 4.07. The van der Waals surface area contributed by atoms with Crippen LogP contribution in [0.2, 0.25) is 0 Å². The largest absolute Gasteiger partial charge is 0.460 e. The van der Waals surface area contributed by atoms with Gasteiger partial charge < -0.3 is 4.74 Å². The van der Waals surface area contributed by atoms with Crippen LogP contribution in [0.1, 0.15) is 47.5 Å². The SMILES string of the molecule is CC1CC[C@@H]([C@@H](C)NS(=O)C(C)(C)C)OC1=O. The Morgan fingerprint density at radius 1 is 1.41 bits per heavy atom. The Kier molecular flexibility index (Phi) is 4.72. The maximum atomic E-state index is 11.9. The second-order valence-electron chi connectivity index (χ2n) is 5.74. The number of carbonyl (C=O) groups is 1. The predicted molar refractivity (Wildman–Crippen MR) is 68.8 cm³/mol. The van der Waals surface area contributed by atoms with Gasteiger partial charge in [-0.05, 0) is 40.5 Å². The zero-order valence-electron chi connectivity index (χ0n) is 11.3. The van der Waals surface area contributed by atoms with Gasteiger partial charge in [0.05, 0.1) is 27.7 Å². The standard InChI is InChI=1S/C12H23NO3S/c1-8-6-7-10(16-11(8)14)9(2)13-17(15)12(3,4)5/h8-10,13H,6-7H2,1-5H3/t8?,9-,10+,17?/m1/s1. The molecule has 4 atom stereocenters. The fourth-order valence-corrected chi connectivity index (χ4v) is 2.47. The molecule has 1 saturated heterocycles. The van der Waals surface area contributed by atoms with E-state index in [1.54, 1.807) is 0 Å². The van der Waals surface area contributed by atoms with Crippen LogP contribution in [0.5, 0.6) is 0 Å². The summed E-state index contributed by atoms with van der Waals surface area (Å²) in [6, 6.07) is -0.0773. The van der Waals surface area contributed by atoms with E-state index in [1.165, 1.54) is 0 Å². The third-order valence-corrected chi connectivity index (χ3v) is 4.66. The summed E-state index contributed by atoms with van der Waals surface area (Å²) < 4.78 is 20.0. The molecule has 0 aromatic carbocycles. The summed E-state index contributed by atoms with van der Waals surface area (Å²) in [6.45, 7) is 9.54.